The van der Waals surface area contributed by atoms with Crippen molar-refractivity contribution in [1.82, 2.24) is 9.88 Å². The molecule has 0 bridgehead atoms. The molecule has 1 aromatic heterocycles. The van der Waals surface area contributed by atoms with E-state index >= 15 is 0 Å². The monoisotopic (exact) mass is 250 g/mol. The van der Waals surface area contributed by atoms with E-state index in [1.165, 1.54) is 18.2 Å². The van der Waals surface area contributed by atoms with Crippen LogP contribution in [0, 0.1) is 0 Å². The first-order valence-corrected chi connectivity index (χ1v) is 7.09. The Bertz CT molecular complexity index is 369. The summed E-state index contributed by atoms with van der Waals surface area (Å²) in [7, 11) is 0. The number of pyridine rings is 1. The average molecular weight is 250 g/mol. The van der Waals surface area contributed by atoms with Crippen molar-refractivity contribution in [3.05, 3.63) is 24.4 Å². The van der Waals surface area contributed by atoms with Gasteiger partial charge in [-0.25, -0.2) is 4.98 Å². The topological polar surface area (TPSA) is 33.2 Å². The van der Waals surface area contributed by atoms with Crippen LogP contribution in [0.25, 0.3) is 0 Å². The molecule has 0 aromatic carbocycles. The van der Waals surface area contributed by atoms with E-state index in [1.54, 1.807) is 6.20 Å². The number of amides is 1. The fourth-order valence-corrected chi connectivity index (χ4v) is 2.87. The number of piperidine rings is 1. The van der Waals surface area contributed by atoms with Gasteiger partial charge >= 0.3 is 0 Å². The maximum Gasteiger partial charge on any atom is 0.233 e. The molecular weight excluding hydrogens is 232 g/mol. The molecule has 1 unspecified atom stereocenters. The van der Waals surface area contributed by atoms with Crippen molar-refractivity contribution in [3.8, 4) is 0 Å². The van der Waals surface area contributed by atoms with Crippen LogP contribution in [0.5, 0.6) is 0 Å². The summed E-state index contributed by atoms with van der Waals surface area (Å²) >= 11 is 1.52. The summed E-state index contributed by atoms with van der Waals surface area (Å²) in [6.07, 6.45) is 5.29. The predicted octanol–water partition coefficient (Wildman–Crippen LogP) is 2.57. The van der Waals surface area contributed by atoms with E-state index in [0.717, 1.165) is 24.4 Å². The molecule has 1 fully saturated rings. The number of aromatic nitrogens is 1. The van der Waals surface area contributed by atoms with E-state index in [2.05, 4.69) is 11.9 Å². The number of thioether (sulfide) groups is 1. The molecule has 1 saturated heterocycles. The Morgan fingerprint density at radius 1 is 1.53 bits per heavy atom. The van der Waals surface area contributed by atoms with Crippen molar-refractivity contribution >= 4 is 17.7 Å². The van der Waals surface area contributed by atoms with Crippen LogP contribution in [0.2, 0.25) is 0 Å². The van der Waals surface area contributed by atoms with Crippen molar-refractivity contribution in [2.45, 2.75) is 37.3 Å². The Hall–Kier alpha value is -1.03. The smallest absolute Gasteiger partial charge is 0.233 e. The summed E-state index contributed by atoms with van der Waals surface area (Å²) in [6.45, 7) is 3.06. The van der Waals surface area contributed by atoms with Crippen LogP contribution in [0.15, 0.2) is 29.4 Å². The second kappa shape index (κ2) is 6.05. The Labute approximate surface area is 107 Å². The van der Waals surface area contributed by atoms with Gasteiger partial charge in [0, 0.05) is 18.8 Å². The highest BCUT2D eigenvalue weighted by molar-refractivity contribution is 7.99. The van der Waals surface area contributed by atoms with Crippen LogP contribution >= 0.6 is 11.8 Å². The summed E-state index contributed by atoms with van der Waals surface area (Å²) in [4.78, 5) is 18.3. The summed E-state index contributed by atoms with van der Waals surface area (Å²) in [5, 5.41) is 0.922. The van der Waals surface area contributed by atoms with Crippen LogP contribution < -0.4 is 0 Å². The largest absolute Gasteiger partial charge is 0.339 e. The molecule has 1 atom stereocenters. The fourth-order valence-electron chi connectivity index (χ4n) is 2.12. The first-order chi connectivity index (χ1) is 8.27. The molecule has 3 nitrogen and oxygen atoms in total. The van der Waals surface area contributed by atoms with Gasteiger partial charge in [0.1, 0.15) is 0 Å². The molecule has 1 aliphatic heterocycles. The van der Waals surface area contributed by atoms with E-state index in [9.17, 15) is 4.79 Å². The summed E-state index contributed by atoms with van der Waals surface area (Å²) in [5.74, 6) is 0.745. The molecule has 92 valence electrons. The fraction of sp³-hybridized carbons (Fsp3) is 0.538. The summed E-state index contributed by atoms with van der Waals surface area (Å²) in [6, 6.07) is 6.18. The minimum Gasteiger partial charge on any atom is -0.339 e. The van der Waals surface area contributed by atoms with Gasteiger partial charge in [0.05, 0.1) is 10.8 Å². The third kappa shape index (κ3) is 3.46. The number of rotatable bonds is 3. The number of likely N-dealkylation sites (tertiary alicyclic amines) is 1. The standard InChI is InChI=1S/C13H18N2OS/c1-11-6-3-5-9-15(11)13(16)10-17-12-7-2-4-8-14-12/h2,4,7-8,11H,3,5-6,9-10H2,1H3. The molecule has 1 amide bonds. The Morgan fingerprint density at radius 2 is 2.41 bits per heavy atom. The van der Waals surface area contributed by atoms with Gasteiger partial charge in [-0.1, -0.05) is 17.8 Å². The lowest BCUT2D eigenvalue weighted by molar-refractivity contribution is -0.131. The second-order valence-electron chi connectivity index (χ2n) is 4.39. The predicted molar refractivity (Wildman–Crippen MR) is 70.0 cm³/mol. The van der Waals surface area contributed by atoms with E-state index in [4.69, 9.17) is 0 Å². The number of hydrogen-bond donors (Lipinski definition) is 0. The lowest BCUT2D eigenvalue weighted by Gasteiger charge is -2.33. The first-order valence-electron chi connectivity index (χ1n) is 6.10. The van der Waals surface area contributed by atoms with E-state index in [-0.39, 0.29) is 5.91 Å². The zero-order valence-corrected chi connectivity index (χ0v) is 10.9. The van der Waals surface area contributed by atoms with Gasteiger partial charge in [-0.2, -0.15) is 0 Å². The van der Waals surface area contributed by atoms with Gasteiger partial charge in [0.15, 0.2) is 0 Å². The van der Waals surface area contributed by atoms with Gasteiger partial charge in [0.25, 0.3) is 0 Å². The Morgan fingerprint density at radius 3 is 3.12 bits per heavy atom. The molecule has 0 aliphatic carbocycles. The van der Waals surface area contributed by atoms with Crippen molar-refractivity contribution in [2.24, 2.45) is 0 Å². The van der Waals surface area contributed by atoms with Gasteiger partial charge in [-0.3, -0.25) is 4.79 Å². The van der Waals surface area contributed by atoms with Crippen LogP contribution in [0.3, 0.4) is 0 Å². The highest BCUT2D eigenvalue weighted by Gasteiger charge is 2.22. The number of carbonyl (C=O) groups excluding carboxylic acids is 1. The molecule has 2 rings (SSSR count). The first kappa shape index (κ1) is 12.4. The number of nitrogens with zero attached hydrogens (tertiary/aromatic N) is 2. The van der Waals surface area contributed by atoms with Crippen molar-refractivity contribution in [2.75, 3.05) is 12.3 Å². The SMILES string of the molecule is CC1CCCCN1C(=O)CSc1ccccn1. The molecule has 0 saturated carbocycles. The molecule has 2 heterocycles. The molecular formula is C13H18N2OS. The number of carbonyl (C=O) groups is 1. The lowest BCUT2D eigenvalue weighted by Crippen LogP contribution is -2.42. The summed E-state index contributed by atoms with van der Waals surface area (Å²) < 4.78 is 0. The van der Waals surface area contributed by atoms with Crippen LogP contribution in [-0.4, -0.2) is 34.1 Å². The van der Waals surface area contributed by atoms with Crippen molar-refractivity contribution in [3.63, 3.8) is 0 Å². The van der Waals surface area contributed by atoms with Gasteiger partial charge in [-0.05, 0) is 38.3 Å². The van der Waals surface area contributed by atoms with Crippen molar-refractivity contribution < 1.29 is 4.79 Å². The van der Waals surface area contributed by atoms with Crippen LogP contribution in [0.1, 0.15) is 26.2 Å². The number of hydrogen-bond acceptors (Lipinski definition) is 3. The van der Waals surface area contributed by atoms with Crippen LogP contribution in [-0.2, 0) is 4.79 Å². The third-order valence-electron chi connectivity index (χ3n) is 3.10. The molecule has 1 aromatic rings. The lowest BCUT2D eigenvalue weighted by atomic mass is 10.0. The molecule has 0 radical (unpaired) electrons. The maximum absolute atomic E-state index is 12.1. The minimum absolute atomic E-state index is 0.243. The molecule has 1 aliphatic rings. The van der Waals surface area contributed by atoms with Gasteiger partial charge in [-0.15, -0.1) is 0 Å². The highest BCUT2D eigenvalue weighted by Crippen LogP contribution is 2.20. The van der Waals surface area contributed by atoms with Crippen molar-refractivity contribution in [1.29, 1.82) is 0 Å². The summed E-state index contributed by atoms with van der Waals surface area (Å²) in [5.41, 5.74) is 0. The maximum atomic E-state index is 12.1. The molecule has 0 spiro atoms. The van der Waals surface area contributed by atoms with E-state index in [1.807, 2.05) is 23.1 Å². The van der Waals surface area contributed by atoms with E-state index in [0.29, 0.717) is 11.8 Å². The second-order valence-corrected chi connectivity index (χ2v) is 5.38. The van der Waals surface area contributed by atoms with Gasteiger partial charge in [0.2, 0.25) is 5.91 Å². The van der Waals surface area contributed by atoms with Crippen LogP contribution in [0.4, 0.5) is 0 Å². The third-order valence-corrected chi connectivity index (χ3v) is 4.03. The minimum atomic E-state index is 0.243. The van der Waals surface area contributed by atoms with Gasteiger partial charge < -0.3 is 4.90 Å². The molecule has 17 heavy (non-hydrogen) atoms. The quantitative estimate of drug-likeness (QED) is 0.773. The molecule has 0 N–H and O–H groups in total. The van der Waals surface area contributed by atoms with E-state index < -0.39 is 0 Å². The zero-order chi connectivity index (χ0) is 12.1. The average Bonchev–Trinajstić information content (AvgIpc) is 2.38. The Kier molecular flexibility index (Phi) is 4.42. The molecule has 4 heteroatoms. The normalized spacial score (nSPS) is 20.3. The zero-order valence-electron chi connectivity index (χ0n) is 10.1. The highest BCUT2D eigenvalue weighted by atomic mass is 32.2. The Balaban J connectivity index is 1.84.